The molecule has 0 fully saturated rings. The smallest absolute Gasteiger partial charge is 0.331 e. The molecule has 1 aromatic heterocycles. The molecule has 1 aliphatic heterocycles. The molecule has 1 aliphatic rings. The van der Waals surface area contributed by atoms with Gasteiger partial charge in [0.2, 0.25) is 5.91 Å². The van der Waals surface area contributed by atoms with Gasteiger partial charge in [0.25, 0.3) is 0 Å². The summed E-state index contributed by atoms with van der Waals surface area (Å²) in [6.45, 7) is 4.17. The first-order valence-electron chi connectivity index (χ1n) is 7.79. The number of rotatable bonds is 5. The molecular weight excluding hydrogens is 308 g/mol. The predicted octanol–water partition coefficient (Wildman–Crippen LogP) is 1.70. The van der Waals surface area contributed by atoms with Crippen LogP contribution >= 0.6 is 0 Å². The number of anilines is 2. The van der Waals surface area contributed by atoms with Gasteiger partial charge in [0.15, 0.2) is 5.54 Å². The summed E-state index contributed by atoms with van der Waals surface area (Å²) in [6.07, 6.45) is 3.93. The summed E-state index contributed by atoms with van der Waals surface area (Å²) in [6, 6.07) is 8.06. The molecule has 2 N–H and O–H groups in total. The minimum absolute atomic E-state index is 0.153. The van der Waals surface area contributed by atoms with E-state index in [0.29, 0.717) is 5.69 Å². The van der Waals surface area contributed by atoms with Gasteiger partial charge in [-0.25, -0.2) is 4.79 Å². The second-order valence-corrected chi connectivity index (χ2v) is 6.39. The van der Waals surface area contributed by atoms with Gasteiger partial charge in [-0.1, -0.05) is 18.2 Å². The highest BCUT2D eigenvalue weighted by atomic mass is 16.4. The Morgan fingerprint density at radius 1 is 1.33 bits per heavy atom. The predicted molar refractivity (Wildman–Crippen MR) is 90.2 cm³/mol. The summed E-state index contributed by atoms with van der Waals surface area (Å²) in [5.74, 6) is -1.14. The van der Waals surface area contributed by atoms with Crippen molar-refractivity contribution in [1.82, 2.24) is 9.78 Å². The summed E-state index contributed by atoms with van der Waals surface area (Å²) in [5, 5.41) is 16.0. The summed E-state index contributed by atoms with van der Waals surface area (Å²) in [4.78, 5) is 25.5. The highest BCUT2D eigenvalue weighted by Crippen LogP contribution is 2.27. The summed E-state index contributed by atoms with van der Waals surface area (Å²) < 4.78 is 1.33. The molecule has 2 heterocycles. The summed E-state index contributed by atoms with van der Waals surface area (Å²) >= 11 is 0. The molecule has 2 aromatic rings. The molecular formula is C17H20N4O3. The summed E-state index contributed by atoms with van der Waals surface area (Å²) in [7, 11) is 0. The van der Waals surface area contributed by atoms with Crippen LogP contribution in [0.5, 0.6) is 0 Å². The Labute approximate surface area is 139 Å². The number of amides is 1. The van der Waals surface area contributed by atoms with Crippen molar-refractivity contribution >= 4 is 23.3 Å². The number of carboxylic acids is 1. The molecule has 1 aromatic carbocycles. The third-order valence-corrected chi connectivity index (χ3v) is 4.28. The second kappa shape index (κ2) is 5.99. The molecule has 0 saturated heterocycles. The van der Waals surface area contributed by atoms with E-state index in [1.807, 2.05) is 23.1 Å². The van der Waals surface area contributed by atoms with Crippen LogP contribution in [0.25, 0.3) is 0 Å². The molecule has 0 radical (unpaired) electrons. The van der Waals surface area contributed by atoms with Gasteiger partial charge in [0.1, 0.15) is 0 Å². The van der Waals surface area contributed by atoms with Crippen LogP contribution in [-0.4, -0.2) is 39.9 Å². The van der Waals surface area contributed by atoms with Crippen molar-refractivity contribution in [3.8, 4) is 0 Å². The van der Waals surface area contributed by atoms with Crippen LogP contribution in [-0.2, 0) is 21.5 Å². The molecule has 0 saturated carbocycles. The zero-order chi connectivity index (χ0) is 17.3. The Balaban J connectivity index is 1.64. The van der Waals surface area contributed by atoms with Crippen LogP contribution in [0.15, 0.2) is 36.7 Å². The Morgan fingerprint density at radius 2 is 2.08 bits per heavy atom. The van der Waals surface area contributed by atoms with Crippen LogP contribution in [0.3, 0.4) is 0 Å². The molecule has 126 valence electrons. The van der Waals surface area contributed by atoms with Crippen molar-refractivity contribution in [2.75, 3.05) is 23.3 Å². The highest BCUT2D eigenvalue weighted by Gasteiger charge is 2.30. The topological polar surface area (TPSA) is 87.5 Å². The number of hydrogen-bond donors (Lipinski definition) is 2. The number of fused-ring (bicyclic) bond motifs is 1. The Bertz CT molecular complexity index is 782. The number of carbonyl (C=O) groups is 2. The van der Waals surface area contributed by atoms with E-state index in [2.05, 4.69) is 16.5 Å². The monoisotopic (exact) mass is 328 g/mol. The van der Waals surface area contributed by atoms with Crippen molar-refractivity contribution in [2.45, 2.75) is 25.8 Å². The minimum atomic E-state index is -1.17. The van der Waals surface area contributed by atoms with Crippen LogP contribution in [0.4, 0.5) is 11.4 Å². The molecule has 0 spiro atoms. The van der Waals surface area contributed by atoms with E-state index in [1.165, 1.54) is 22.6 Å². The van der Waals surface area contributed by atoms with Crippen LogP contribution in [0.2, 0.25) is 0 Å². The molecule has 0 atom stereocenters. The van der Waals surface area contributed by atoms with Gasteiger partial charge in [0.05, 0.1) is 18.4 Å². The number of nitrogens with zero attached hydrogens (tertiary/aromatic N) is 3. The normalized spacial score (nSPS) is 13.7. The van der Waals surface area contributed by atoms with Crippen molar-refractivity contribution < 1.29 is 14.7 Å². The van der Waals surface area contributed by atoms with Crippen molar-refractivity contribution in [1.29, 1.82) is 0 Å². The SMILES string of the molecule is CC(C)(C(=O)O)n1cc(NC(=O)CN2CCc3ccccc32)cn1. The first-order valence-corrected chi connectivity index (χ1v) is 7.79. The average Bonchev–Trinajstić information content (AvgIpc) is 3.15. The zero-order valence-corrected chi connectivity index (χ0v) is 13.7. The number of nitrogens with one attached hydrogen (secondary N) is 1. The van der Waals surface area contributed by atoms with Crippen molar-refractivity contribution in [3.05, 3.63) is 42.2 Å². The van der Waals surface area contributed by atoms with E-state index in [4.69, 9.17) is 0 Å². The molecule has 0 aliphatic carbocycles. The van der Waals surface area contributed by atoms with E-state index < -0.39 is 11.5 Å². The maximum Gasteiger partial charge on any atom is 0.331 e. The summed E-state index contributed by atoms with van der Waals surface area (Å²) in [5.41, 5.74) is 1.66. The fourth-order valence-electron chi connectivity index (χ4n) is 2.74. The Morgan fingerprint density at radius 3 is 2.83 bits per heavy atom. The van der Waals surface area contributed by atoms with Crippen LogP contribution in [0.1, 0.15) is 19.4 Å². The quantitative estimate of drug-likeness (QED) is 0.872. The lowest BCUT2D eigenvalue weighted by Gasteiger charge is -2.19. The number of para-hydroxylation sites is 1. The van der Waals surface area contributed by atoms with E-state index in [9.17, 15) is 14.7 Å². The second-order valence-electron chi connectivity index (χ2n) is 6.39. The highest BCUT2D eigenvalue weighted by molar-refractivity contribution is 5.94. The van der Waals surface area contributed by atoms with Gasteiger partial charge < -0.3 is 15.3 Å². The van der Waals surface area contributed by atoms with E-state index in [0.717, 1.165) is 18.7 Å². The van der Waals surface area contributed by atoms with E-state index >= 15 is 0 Å². The molecule has 3 rings (SSSR count). The number of carbonyl (C=O) groups excluding carboxylic acids is 1. The Hall–Kier alpha value is -2.83. The number of aliphatic carboxylic acids is 1. The lowest BCUT2D eigenvalue weighted by Crippen LogP contribution is -2.36. The van der Waals surface area contributed by atoms with Crippen molar-refractivity contribution in [2.24, 2.45) is 0 Å². The Kier molecular flexibility index (Phi) is 4.01. The molecule has 7 nitrogen and oxygen atoms in total. The number of hydrogen-bond acceptors (Lipinski definition) is 4. The third-order valence-electron chi connectivity index (χ3n) is 4.28. The maximum absolute atomic E-state index is 12.3. The zero-order valence-electron chi connectivity index (χ0n) is 13.7. The average molecular weight is 328 g/mol. The lowest BCUT2D eigenvalue weighted by atomic mass is 10.1. The minimum Gasteiger partial charge on any atom is -0.479 e. The maximum atomic E-state index is 12.3. The van der Waals surface area contributed by atoms with Gasteiger partial charge in [-0.2, -0.15) is 5.10 Å². The fourth-order valence-corrected chi connectivity index (χ4v) is 2.74. The standard InChI is InChI=1S/C17H20N4O3/c1-17(2,16(23)24)21-10-13(9-18-21)19-15(22)11-20-8-7-12-5-3-4-6-14(12)20/h3-6,9-10H,7-8,11H2,1-2H3,(H,19,22)(H,23,24). The van der Waals surface area contributed by atoms with Crippen LogP contribution < -0.4 is 10.2 Å². The first-order chi connectivity index (χ1) is 11.4. The number of benzene rings is 1. The van der Waals surface area contributed by atoms with Gasteiger partial charge in [-0.3, -0.25) is 9.48 Å². The van der Waals surface area contributed by atoms with Gasteiger partial charge in [-0.05, 0) is 31.9 Å². The van der Waals surface area contributed by atoms with Gasteiger partial charge in [0, 0.05) is 18.4 Å². The number of carboxylic acid groups (broad SMARTS) is 1. The van der Waals surface area contributed by atoms with E-state index in [-0.39, 0.29) is 12.5 Å². The molecule has 0 bridgehead atoms. The molecule has 0 unspecified atom stereocenters. The number of aromatic nitrogens is 2. The third kappa shape index (κ3) is 2.97. The van der Waals surface area contributed by atoms with Gasteiger partial charge >= 0.3 is 5.97 Å². The van der Waals surface area contributed by atoms with Gasteiger partial charge in [-0.15, -0.1) is 0 Å². The fraction of sp³-hybridized carbons (Fsp3) is 0.353. The molecule has 24 heavy (non-hydrogen) atoms. The first kappa shape index (κ1) is 16.0. The molecule has 7 heteroatoms. The lowest BCUT2D eigenvalue weighted by molar-refractivity contribution is -0.146. The van der Waals surface area contributed by atoms with E-state index in [1.54, 1.807) is 13.8 Å². The molecule has 1 amide bonds. The largest absolute Gasteiger partial charge is 0.479 e. The van der Waals surface area contributed by atoms with Crippen molar-refractivity contribution in [3.63, 3.8) is 0 Å². The van der Waals surface area contributed by atoms with Crippen LogP contribution in [0, 0.1) is 0 Å².